The second kappa shape index (κ2) is 7.69. The van der Waals surface area contributed by atoms with Gasteiger partial charge in [-0.05, 0) is 31.5 Å². The highest BCUT2D eigenvalue weighted by molar-refractivity contribution is 9.10. The molecule has 2 N–H and O–H groups in total. The van der Waals surface area contributed by atoms with Crippen LogP contribution in [0.3, 0.4) is 0 Å². The monoisotopic (exact) mass is 300 g/mol. The Labute approximate surface area is 112 Å². The zero-order valence-electron chi connectivity index (χ0n) is 10.6. The molecule has 4 heteroatoms. The Morgan fingerprint density at radius 3 is 2.65 bits per heavy atom. The molecule has 0 amide bonds. The predicted octanol–water partition coefficient (Wildman–Crippen LogP) is 2.77. The normalized spacial score (nSPS) is 10.6. The molecule has 0 aromatic heterocycles. The van der Waals surface area contributed by atoms with Crippen molar-refractivity contribution in [3.05, 3.63) is 28.2 Å². The van der Waals surface area contributed by atoms with Gasteiger partial charge < -0.3 is 15.4 Å². The van der Waals surface area contributed by atoms with E-state index in [1.54, 1.807) is 0 Å². The van der Waals surface area contributed by atoms with Gasteiger partial charge in [0, 0.05) is 36.4 Å². The van der Waals surface area contributed by atoms with E-state index in [1.807, 2.05) is 6.92 Å². The van der Waals surface area contributed by atoms with Crippen LogP contribution >= 0.6 is 15.9 Å². The first kappa shape index (κ1) is 14.5. The van der Waals surface area contributed by atoms with Gasteiger partial charge in [0.05, 0.1) is 6.61 Å². The van der Waals surface area contributed by atoms with Crippen LogP contribution in [0.5, 0.6) is 0 Å². The lowest BCUT2D eigenvalue weighted by Crippen LogP contribution is -2.27. The van der Waals surface area contributed by atoms with Crippen LogP contribution in [-0.2, 0) is 11.3 Å². The fraction of sp³-hybridized carbons (Fsp3) is 0.538. The summed E-state index contributed by atoms with van der Waals surface area (Å²) in [6.07, 6.45) is 0. The minimum absolute atomic E-state index is 0.561. The summed E-state index contributed by atoms with van der Waals surface area (Å²) < 4.78 is 6.47. The van der Waals surface area contributed by atoms with Crippen LogP contribution in [0.2, 0.25) is 0 Å². The standard InChI is InChI=1S/C13H21BrN2O/c1-3-16(7-8-17-4-2)12-6-5-11(10-15)13(14)9-12/h5-6,9H,3-4,7-8,10,15H2,1-2H3. The van der Waals surface area contributed by atoms with Crippen molar-refractivity contribution in [2.75, 3.05) is 31.2 Å². The van der Waals surface area contributed by atoms with Crippen molar-refractivity contribution in [1.29, 1.82) is 0 Å². The van der Waals surface area contributed by atoms with Gasteiger partial charge in [0.2, 0.25) is 0 Å². The first-order valence-corrected chi connectivity index (χ1v) is 6.83. The molecular formula is C13H21BrN2O. The van der Waals surface area contributed by atoms with Gasteiger partial charge in [-0.3, -0.25) is 0 Å². The maximum absolute atomic E-state index is 5.64. The fourth-order valence-electron chi connectivity index (χ4n) is 1.69. The van der Waals surface area contributed by atoms with E-state index in [1.165, 1.54) is 5.69 Å². The number of ether oxygens (including phenoxy) is 1. The molecule has 0 aliphatic heterocycles. The SMILES string of the molecule is CCOCCN(CC)c1ccc(CN)c(Br)c1. The minimum atomic E-state index is 0.561. The number of hydrogen-bond donors (Lipinski definition) is 1. The van der Waals surface area contributed by atoms with Crippen LogP contribution < -0.4 is 10.6 Å². The van der Waals surface area contributed by atoms with Crippen molar-refractivity contribution >= 4 is 21.6 Å². The van der Waals surface area contributed by atoms with Crippen molar-refractivity contribution in [3.63, 3.8) is 0 Å². The van der Waals surface area contributed by atoms with Crippen LogP contribution in [0, 0.1) is 0 Å². The van der Waals surface area contributed by atoms with E-state index in [9.17, 15) is 0 Å². The van der Waals surface area contributed by atoms with E-state index in [2.05, 4.69) is 46.0 Å². The number of benzene rings is 1. The number of halogens is 1. The van der Waals surface area contributed by atoms with Gasteiger partial charge in [-0.2, -0.15) is 0 Å². The van der Waals surface area contributed by atoms with Crippen LogP contribution in [0.1, 0.15) is 19.4 Å². The Balaban J connectivity index is 2.71. The summed E-state index contributed by atoms with van der Waals surface area (Å²) >= 11 is 3.55. The third-order valence-electron chi connectivity index (χ3n) is 2.71. The number of likely N-dealkylation sites (N-methyl/N-ethyl adjacent to an activating group) is 1. The maximum atomic E-state index is 5.64. The lowest BCUT2D eigenvalue weighted by atomic mass is 10.2. The summed E-state index contributed by atoms with van der Waals surface area (Å²) in [4.78, 5) is 2.29. The molecule has 0 radical (unpaired) electrons. The van der Waals surface area contributed by atoms with Gasteiger partial charge in [-0.15, -0.1) is 0 Å². The molecular weight excluding hydrogens is 280 g/mol. The quantitative estimate of drug-likeness (QED) is 0.787. The van der Waals surface area contributed by atoms with Crippen molar-refractivity contribution in [2.45, 2.75) is 20.4 Å². The predicted molar refractivity (Wildman–Crippen MR) is 76.4 cm³/mol. The average molecular weight is 301 g/mol. The zero-order valence-corrected chi connectivity index (χ0v) is 12.2. The molecule has 0 spiro atoms. The van der Waals surface area contributed by atoms with Gasteiger partial charge >= 0.3 is 0 Å². The highest BCUT2D eigenvalue weighted by atomic mass is 79.9. The second-order valence-electron chi connectivity index (χ2n) is 3.76. The van der Waals surface area contributed by atoms with Crippen molar-refractivity contribution in [1.82, 2.24) is 0 Å². The van der Waals surface area contributed by atoms with Gasteiger partial charge in [0.25, 0.3) is 0 Å². The molecule has 1 aromatic carbocycles. The van der Waals surface area contributed by atoms with Crippen molar-refractivity contribution in [3.8, 4) is 0 Å². The Hall–Kier alpha value is -0.580. The Bertz CT molecular complexity index is 344. The van der Waals surface area contributed by atoms with E-state index in [4.69, 9.17) is 10.5 Å². The maximum Gasteiger partial charge on any atom is 0.0641 e. The summed E-state index contributed by atoms with van der Waals surface area (Å²) in [6, 6.07) is 6.31. The lowest BCUT2D eigenvalue weighted by Gasteiger charge is -2.23. The van der Waals surface area contributed by atoms with Crippen LogP contribution in [0.4, 0.5) is 5.69 Å². The third kappa shape index (κ3) is 4.30. The molecule has 0 fully saturated rings. The van der Waals surface area contributed by atoms with Crippen LogP contribution in [0.25, 0.3) is 0 Å². The average Bonchev–Trinajstić information content (AvgIpc) is 2.35. The highest BCUT2D eigenvalue weighted by Crippen LogP contribution is 2.23. The molecule has 17 heavy (non-hydrogen) atoms. The molecule has 0 unspecified atom stereocenters. The fourth-order valence-corrected chi connectivity index (χ4v) is 2.22. The number of nitrogens with zero attached hydrogens (tertiary/aromatic N) is 1. The smallest absolute Gasteiger partial charge is 0.0641 e. The summed E-state index contributed by atoms with van der Waals surface area (Å²) in [5, 5.41) is 0. The molecule has 0 saturated carbocycles. The molecule has 96 valence electrons. The Kier molecular flexibility index (Phi) is 6.55. The molecule has 0 aliphatic rings. The molecule has 0 heterocycles. The molecule has 0 atom stereocenters. The van der Waals surface area contributed by atoms with Crippen molar-refractivity contribution < 1.29 is 4.74 Å². The molecule has 0 saturated heterocycles. The first-order chi connectivity index (χ1) is 8.22. The Morgan fingerprint density at radius 1 is 1.35 bits per heavy atom. The van der Waals surface area contributed by atoms with E-state index in [0.29, 0.717) is 6.54 Å². The van der Waals surface area contributed by atoms with Gasteiger partial charge in [0.15, 0.2) is 0 Å². The molecule has 1 rings (SSSR count). The lowest BCUT2D eigenvalue weighted by molar-refractivity contribution is 0.154. The number of rotatable bonds is 7. The van der Waals surface area contributed by atoms with E-state index in [-0.39, 0.29) is 0 Å². The second-order valence-corrected chi connectivity index (χ2v) is 4.61. The van der Waals surface area contributed by atoms with Crippen LogP contribution in [0.15, 0.2) is 22.7 Å². The first-order valence-electron chi connectivity index (χ1n) is 6.04. The molecule has 0 aliphatic carbocycles. The van der Waals surface area contributed by atoms with E-state index < -0.39 is 0 Å². The Morgan fingerprint density at radius 2 is 2.12 bits per heavy atom. The zero-order chi connectivity index (χ0) is 12.7. The van der Waals surface area contributed by atoms with Crippen molar-refractivity contribution in [2.24, 2.45) is 5.73 Å². The molecule has 1 aromatic rings. The summed E-state index contributed by atoms with van der Waals surface area (Å²) in [5.41, 5.74) is 7.98. The minimum Gasteiger partial charge on any atom is -0.380 e. The summed E-state index contributed by atoms with van der Waals surface area (Å²) in [7, 11) is 0. The van der Waals surface area contributed by atoms with E-state index >= 15 is 0 Å². The molecule has 3 nitrogen and oxygen atoms in total. The summed E-state index contributed by atoms with van der Waals surface area (Å²) in [6.45, 7) is 8.15. The topological polar surface area (TPSA) is 38.5 Å². The largest absolute Gasteiger partial charge is 0.380 e. The molecule has 0 bridgehead atoms. The van der Waals surface area contributed by atoms with Gasteiger partial charge in [0.1, 0.15) is 0 Å². The van der Waals surface area contributed by atoms with Gasteiger partial charge in [-0.1, -0.05) is 22.0 Å². The summed E-state index contributed by atoms with van der Waals surface area (Å²) in [5.74, 6) is 0. The van der Waals surface area contributed by atoms with E-state index in [0.717, 1.165) is 36.3 Å². The van der Waals surface area contributed by atoms with Crippen LogP contribution in [-0.4, -0.2) is 26.3 Å². The third-order valence-corrected chi connectivity index (χ3v) is 3.45. The van der Waals surface area contributed by atoms with Gasteiger partial charge in [-0.25, -0.2) is 0 Å². The number of hydrogen-bond acceptors (Lipinski definition) is 3. The highest BCUT2D eigenvalue weighted by Gasteiger charge is 2.06. The number of nitrogens with two attached hydrogens (primary N) is 1. The number of anilines is 1.